The number of hydrogen-bond acceptors (Lipinski definition) is 2. The molecule has 0 bridgehead atoms. The highest BCUT2D eigenvalue weighted by Crippen LogP contribution is 2.27. The Hall–Kier alpha value is -1.02. The Kier molecular flexibility index (Phi) is 4.51. The molecule has 1 atom stereocenters. The summed E-state index contributed by atoms with van der Waals surface area (Å²) in [6.45, 7) is 12.6. The lowest BCUT2D eigenvalue weighted by Gasteiger charge is -2.40. The average Bonchev–Trinajstić information content (AvgIpc) is 2.37. The number of nitrogens with zero attached hydrogens (tertiary/aromatic N) is 2. The largest absolute Gasteiger partial charge is 0.366 e. The van der Waals surface area contributed by atoms with E-state index in [4.69, 9.17) is 0 Å². The first-order valence-electron chi connectivity index (χ1n) is 7.61. The smallest absolute Gasteiger partial charge is 0.0389 e. The van der Waals surface area contributed by atoms with Crippen LogP contribution in [0.15, 0.2) is 18.2 Å². The van der Waals surface area contributed by atoms with Crippen molar-refractivity contribution in [2.45, 2.75) is 46.1 Å². The van der Waals surface area contributed by atoms with Gasteiger partial charge in [0.15, 0.2) is 0 Å². The van der Waals surface area contributed by atoms with Crippen molar-refractivity contribution in [3.8, 4) is 0 Å². The van der Waals surface area contributed by atoms with E-state index in [9.17, 15) is 0 Å². The molecule has 1 aliphatic heterocycles. The van der Waals surface area contributed by atoms with E-state index in [1.165, 1.54) is 16.8 Å². The quantitative estimate of drug-likeness (QED) is 0.820. The first-order valence-corrected chi connectivity index (χ1v) is 7.61. The highest BCUT2D eigenvalue weighted by atomic mass is 15.3. The Bertz CT molecular complexity index is 425. The molecule has 19 heavy (non-hydrogen) atoms. The topological polar surface area (TPSA) is 6.48 Å². The Morgan fingerprint density at radius 1 is 1.26 bits per heavy atom. The minimum absolute atomic E-state index is 0.605. The Balaban J connectivity index is 2.25. The van der Waals surface area contributed by atoms with E-state index in [1.54, 1.807) is 0 Å². The summed E-state index contributed by atoms with van der Waals surface area (Å²) in [4.78, 5) is 4.98. The molecule has 1 heterocycles. The van der Waals surface area contributed by atoms with E-state index in [0.717, 1.165) is 26.1 Å². The molecule has 0 aromatic heterocycles. The molecule has 0 radical (unpaired) electrons. The number of benzene rings is 1. The van der Waals surface area contributed by atoms with Crippen LogP contribution in [0.25, 0.3) is 0 Å². The van der Waals surface area contributed by atoms with Crippen LogP contribution in [0.2, 0.25) is 0 Å². The number of likely N-dealkylation sites (N-methyl/N-ethyl adjacent to an activating group) is 1. The van der Waals surface area contributed by atoms with Crippen LogP contribution in [0.1, 0.15) is 44.7 Å². The molecule has 0 N–H and O–H groups in total. The highest BCUT2D eigenvalue weighted by molar-refractivity contribution is 5.53. The predicted molar refractivity (Wildman–Crippen MR) is 84.2 cm³/mol. The molecular weight excluding hydrogens is 232 g/mol. The summed E-state index contributed by atoms with van der Waals surface area (Å²) in [6, 6.07) is 7.67. The molecule has 0 amide bonds. The lowest BCUT2D eigenvalue weighted by molar-refractivity contribution is 0.275. The van der Waals surface area contributed by atoms with Gasteiger partial charge in [-0.05, 0) is 49.6 Å². The van der Waals surface area contributed by atoms with Gasteiger partial charge in [0, 0.05) is 31.4 Å². The van der Waals surface area contributed by atoms with Gasteiger partial charge in [0.05, 0.1) is 0 Å². The number of hydrogen-bond donors (Lipinski definition) is 0. The van der Waals surface area contributed by atoms with Gasteiger partial charge < -0.3 is 9.80 Å². The van der Waals surface area contributed by atoms with Gasteiger partial charge in [-0.1, -0.05) is 26.8 Å². The average molecular weight is 260 g/mol. The zero-order chi connectivity index (χ0) is 14.0. The number of aryl methyl sites for hydroxylation is 1. The van der Waals surface area contributed by atoms with Crippen LogP contribution in [0.4, 0.5) is 5.69 Å². The molecule has 1 aromatic rings. The van der Waals surface area contributed by atoms with Crippen molar-refractivity contribution in [1.82, 2.24) is 4.90 Å². The van der Waals surface area contributed by atoms with Crippen molar-refractivity contribution < 1.29 is 0 Å². The van der Waals surface area contributed by atoms with Crippen LogP contribution in [0, 0.1) is 0 Å². The molecule has 0 unspecified atom stereocenters. The summed E-state index contributed by atoms with van der Waals surface area (Å²) in [6.07, 6.45) is 1.13. The van der Waals surface area contributed by atoms with Gasteiger partial charge >= 0.3 is 0 Å². The van der Waals surface area contributed by atoms with E-state index < -0.39 is 0 Å². The molecular formula is C17H28N2. The van der Waals surface area contributed by atoms with Crippen LogP contribution in [0.5, 0.6) is 0 Å². The van der Waals surface area contributed by atoms with Gasteiger partial charge in [0.1, 0.15) is 0 Å². The molecule has 2 nitrogen and oxygen atoms in total. The van der Waals surface area contributed by atoms with Crippen molar-refractivity contribution in [3.05, 3.63) is 29.3 Å². The van der Waals surface area contributed by atoms with Crippen LogP contribution < -0.4 is 4.90 Å². The van der Waals surface area contributed by atoms with Gasteiger partial charge in [-0.25, -0.2) is 0 Å². The molecule has 2 rings (SSSR count). The maximum Gasteiger partial charge on any atom is 0.0389 e. The van der Waals surface area contributed by atoms with Gasteiger partial charge in [0.25, 0.3) is 0 Å². The minimum Gasteiger partial charge on any atom is -0.366 e. The van der Waals surface area contributed by atoms with Crippen molar-refractivity contribution in [2.24, 2.45) is 0 Å². The van der Waals surface area contributed by atoms with E-state index in [1.807, 2.05) is 0 Å². The highest BCUT2D eigenvalue weighted by Gasteiger charge is 2.22. The van der Waals surface area contributed by atoms with E-state index >= 15 is 0 Å². The summed E-state index contributed by atoms with van der Waals surface area (Å²) in [5.74, 6) is 0.619. The second-order valence-electron chi connectivity index (χ2n) is 6.20. The molecule has 1 saturated heterocycles. The predicted octanol–water partition coefficient (Wildman–Crippen LogP) is 3.51. The van der Waals surface area contributed by atoms with Gasteiger partial charge in [-0.2, -0.15) is 0 Å². The summed E-state index contributed by atoms with van der Waals surface area (Å²) in [5, 5.41) is 0. The van der Waals surface area contributed by atoms with Crippen LogP contribution in [-0.2, 0) is 6.42 Å². The molecule has 1 aromatic carbocycles. The van der Waals surface area contributed by atoms with Crippen LogP contribution >= 0.6 is 0 Å². The summed E-state index contributed by atoms with van der Waals surface area (Å²) >= 11 is 0. The van der Waals surface area contributed by atoms with E-state index in [2.05, 4.69) is 62.7 Å². The third-order valence-electron chi connectivity index (χ3n) is 4.29. The lowest BCUT2D eigenvalue weighted by Crippen LogP contribution is -2.50. The molecule has 1 fully saturated rings. The Morgan fingerprint density at radius 2 is 2.00 bits per heavy atom. The fourth-order valence-electron chi connectivity index (χ4n) is 3.16. The van der Waals surface area contributed by atoms with E-state index in [0.29, 0.717) is 12.0 Å². The standard InChI is InChI=1S/C17H28N2/c1-6-15-11-16(7-8-17(15)13(2)3)19-10-9-18(5)12-14(19)4/h7-8,11,13-14H,6,9-10,12H2,1-5H3/t14-/m0/s1. The normalized spacial score (nSPS) is 21.2. The summed E-state index contributed by atoms with van der Waals surface area (Å²) in [5.41, 5.74) is 4.42. The molecule has 0 spiro atoms. The Labute approximate surface area is 118 Å². The minimum atomic E-state index is 0.605. The SMILES string of the molecule is CCc1cc(N2CCN(C)C[C@@H]2C)ccc1C(C)C. The third-order valence-corrected chi connectivity index (χ3v) is 4.29. The molecule has 0 saturated carbocycles. The second kappa shape index (κ2) is 5.96. The van der Waals surface area contributed by atoms with Crippen molar-refractivity contribution in [2.75, 3.05) is 31.6 Å². The van der Waals surface area contributed by atoms with Crippen molar-refractivity contribution in [3.63, 3.8) is 0 Å². The maximum absolute atomic E-state index is 2.56. The second-order valence-corrected chi connectivity index (χ2v) is 6.20. The third kappa shape index (κ3) is 3.11. The molecule has 2 heteroatoms. The van der Waals surface area contributed by atoms with Crippen molar-refractivity contribution in [1.29, 1.82) is 0 Å². The molecule has 1 aliphatic rings. The first kappa shape index (κ1) is 14.4. The lowest BCUT2D eigenvalue weighted by atomic mass is 9.94. The summed E-state index contributed by atoms with van der Waals surface area (Å²) in [7, 11) is 2.22. The van der Waals surface area contributed by atoms with Gasteiger partial charge in [-0.3, -0.25) is 0 Å². The monoisotopic (exact) mass is 260 g/mol. The summed E-state index contributed by atoms with van der Waals surface area (Å²) < 4.78 is 0. The first-order chi connectivity index (χ1) is 9.02. The van der Waals surface area contributed by atoms with Crippen LogP contribution in [-0.4, -0.2) is 37.6 Å². The van der Waals surface area contributed by atoms with E-state index in [-0.39, 0.29) is 0 Å². The zero-order valence-electron chi connectivity index (χ0n) is 13.1. The van der Waals surface area contributed by atoms with Crippen LogP contribution in [0.3, 0.4) is 0 Å². The maximum atomic E-state index is 2.56. The number of piperazine rings is 1. The number of anilines is 1. The zero-order valence-corrected chi connectivity index (χ0v) is 13.1. The fraction of sp³-hybridized carbons (Fsp3) is 0.647. The van der Waals surface area contributed by atoms with Gasteiger partial charge in [-0.15, -0.1) is 0 Å². The Morgan fingerprint density at radius 3 is 2.58 bits per heavy atom. The fourth-order valence-corrected chi connectivity index (χ4v) is 3.16. The molecule has 0 aliphatic carbocycles. The number of rotatable bonds is 3. The molecule has 106 valence electrons. The van der Waals surface area contributed by atoms with Crippen molar-refractivity contribution >= 4 is 5.69 Å². The van der Waals surface area contributed by atoms with Gasteiger partial charge in [0.2, 0.25) is 0 Å².